The molecule has 2 nitrogen and oxygen atoms in total. The van der Waals surface area contributed by atoms with Gasteiger partial charge in [-0.15, -0.1) is 0 Å². The summed E-state index contributed by atoms with van der Waals surface area (Å²) in [6, 6.07) is 13.5. The quantitative estimate of drug-likeness (QED) is 0.898. The van der Waals surface area contributed by atoms with Crippen LogP contribution in [0.3, 0.4) is 0 Å². The van der Waals surface area contributed by atoms with Gasteiger partial charge in [-0.2, -0.15) is 0 Å². The maximum absolute atomic E-state index is 11.2. The average Bonchev–Trinajstić information content (AvgIpc) is 2.28. The summed E-state index contributed by atoms with van der Waals surface area (Å²) in [5.41, 5.74) is 2.59. The normalized spacial score (nSPS) is 10.3. The van der Waals surface area contributed by atoms with Crippen molar-refractivity contribution in [2.75, 3.05) is 0 Å². The molecule has 92 valence electrons. The van der Waals surface area contributed by atoms with Crippen molar-refractivity contribution >= 4 is 17.7 Å². The Bertz CT molecular complexity index is 591. The minimum Gasteiger partial charge on any atom is -0.478 e. The lowest BCUT2D eigenvalue weighted by Gasteiger charge is -2.07. The van der Waals surface area contributed by atoms with E-state index >= 15 is 0 Å². The number of rotatable bonds is 3. The predicted octanol–water partition coefficient (Wildman–Crippen LogP) is 4.15. The molecular weight excluding hydrogens is 244 g/mol. The summed E-state index contributed by atoms with van der Waals surface area (Å²) in [5, 5.41) is 9.18. The van der Waals surface area contributed by atoms with Crippen molar-refractivity contribution in [2.24, 2.45) is 0 Å². The molecule has 0 aliphatic carbocycles. The van der Waals surface area contributed by atoms with Gasteiger partial charge in [0.1, 0.15) is 0 Å². The van der Waals surface area contributed by atoms with Crippen LogP contribution >= 0.6 is 11.8 Å². The zero-order valence-corrected chi connectivity index (χ0v) is 11.1. The summed E-state index contributed by atoms with van der Waals surface area (Å²) in [4.78, 5) is 13.0. The lowest BCUT2D eigenvalue weighted by atomic mass is 10.1. The van der Waals surface area contributed by atoms with E-state index in [-0.39, 0.29) is 0 Å². The second-order valence-electron chi connectivity index (χ2n) is 4.22. The molecule has 0 heterocycles. The highest BCUT2D eigenvalue weighted by atomic mass is 32.2. The van der Waals surface area contributed by atoms with Gasteiger partial charge in [-0.3, -0.25) is 0 Å². The molecule has 3 heteroatoms. The molecule has 0 saturated heterocycles. The predicted molar refractivity (Wildman–Crippen MR) is 73.4 cm³/mol. The Morgan fingerprint density at radius 2 is 1.78 bits per heavy atom. The van der Waals surface area contributed by atoms with Crippen molar-refractivity contribution in [1.29, 1.82) is 0 Å². The zero-order valence-electron chi connectivity index (χ0n) is 10.3. The SMILES string of the molecule is Cc1cccc(Sc2cc(C)ccc2C(=O)O)c1. The summed E-state index contributed by atoms with van der Waals surface area (Å²) in [7, 11) is 0. The number of carboxylic acid groups (broad SMARTS) is 1. The first-order valence-corrected chi connectivity index (χ1v) is 6.46. The number of benzene rings is 2. The molecule has 0 radical (unpaired) electrons. The van der Waals surface area contributed by atoms with E-state index in [9.17, 15) is 9.90 Å². The Kier molecular flexibility index (Phi) is 3.72. The Morgan fingerprint density at radius 3 is 2.44 bits per heavy atom. The summed E-state index contributed by atoms with van der Waals surface area (Å²) in [6.07, 6.45) is 0. The third-order valence-electron chi connectivity index (χ3n) is 2.58. The van der Waals surface area contributed by atoms with Gasteiger partial charge in [0.05, 0.1) is 5.56 Å². The van der Waals surface area contributed by atoms with E-state index in [1.807, 2.05) is 44.2 Å². The van der Waals surface area contributed by atoms with Crippen LogP contribution in [0.5, 0.6) is 0 Å². The number of aromatic carboxylic acids is 1. The van der Waals surface area contributed by atoms with Gasteiger partial charge in [-0.05, 0) is 43.7 Å². The van der Waals surface area contributed by atoms with E-state index < -0.39 is 5.97 Å². The lowest BCUT2D eigenvalue weighted by Crippen LogP contribution is -1.98. The molecule has 0 atom stereocenters. The van der Waals surface area contributed by atoms with Gasteiger partial charge in [0.2, 0.25) is 0 Å². The molecule has 0 aromatic heterocycles. The highest BCUT2D eigenvalue weighted by molar-refractivity contribution is 7.99. The number of carboxylic acids is 1. The first kappa shape index (κ1) is 12.7. The zero-order chi connectivity index (χ0) is 13.1. The molecule has 2 rings (SSSR count). The first-order chi connectivity index (χ1) is 8.56. The molecule has 0 amide bonds. The largest absolute Gasteiger partial charge is 0.478 e. The standard InChI is InChI=1S/C15H14O2S/c1-10-4-3-5-12(8-10)18-14-9-11(2)6-7-13(14)15(16)17/h3-9H,1-2H3,(H,16,17). The molecule has 18 heavy (non-hydrogen) atoms. The smallest absolute Gasteiger partial charge is 0.336 e. The van der Waals surface area contributed by atoms with Crippen molar-refractivity contribution in [1.82, 2.24) is 0 Å². The molecular formula is C15H14O2S. The second kappa shape index (κ2) is 5.27. The highest BCUT2D eigenvalue weighted by Crippen LogP contribution is 2.31. The summed E-state index contributed by atoms with van der Waals surface area (Å²) in [6.45, 7) is 3.99. The van der Waals surface area contributed by atoms with Crippen LogP contribution in [0.25, 0.3) is 0 Å². The Balaban J connectivity index is 2.39. The Hall–Kier alpha value is -1.74. The van der Waals surface area contributed by atoms with Crippen LogP contribution in [0.15, 0.2) is 52.3 Å². The molecule has 1 N–H and O–H groups in total. The maximum atomic E-state index is 11.2. The molecule has 0 aliphatic heterocycles. The van der Waals surface area contributed by atoms with Crippen LogP contribution in [0.2, 0.25) is 0 Å². The van der Waals surface area contributed by atoms with E-state index in [4.69, 9.17) is 0 Å². The molecule has 0 bridgehead atoms. The third-order valence-corrected chi connectivity index (χ3v) is 3.63. The van der Waals surface area contributed by atoms with E-state index in [1.54, 1.807) is 6.07 Å². The third kappa shape index (κ3) is 2.93. The number of carbonyl (C=O) groups is 1. The lowest BCUT2D eigenvalue weighted by molar-refractivity contribution is 0.0693. The van der Waals surface area contributed by atoms with Gasteiger partial charge in [0.15, 0.2) is 0 Å². The fourth-order valence-electron chi connectivity index (χ4n) is 1.70. The number of aryl methyl sites for hydroxylation is 2. The van der Waals surface area contributed by atoms with Crippen molar-refractivity contribution in [2.45, 2.75) is 23.6 Å². The molecule has 0 fully saturated rings. The van der Waals surface area contributed by atoms with Crippen molar-refractivity contribution in [3.8, 4) is 0 Å². The molecule has 2 aromatic carbocycles. The molecule has 0 aliphatic rings. The summed E-state index contributed by atoms with van der Waals surface area (Å²) >= 11 is 1.49. The highest BCUT2D eigenvalue weighted by Gasteiger charge is 2.11. The minimum absolute atomic E-state index is 0.354. The molecule has 0 spiro atoms. The van der Waals surface area contributed by atoms with Crippen molar-refractivity contribution < 1.29 is 9.90 Å². The van der Waals surface area contributed by atoms with Crippen LogP contribution in [-0.2, 0) is 0 Å². The molecule has 2 aromatic rings. The first-order valence-electron chi connectivity index (χ1n) is 5.65. The average molecular weight is 258 g/mol. The second-order valence-corrected chi connectivity index (χ2v) is 5.34. The van der Waals surface area contributed by atoms with Crippen LogP contribution in [-0.4, -0.2) is 11.1 Å². The van der Waals surface area contributed by atoms with Gasteiger partial charge < -0.3 is 5.11 Å². The molecule has 0 saturated carbocycles. The van der Waals surface area contributed by atoms with E-state index in [1.165, 1.54) is 17.3 Å². The monoisotopic (exact) mass is 258 g/mol. The minimum atomic E-state index is -0.884. The van der Waals surface area contributed by atoms with Crippen molar-refractivity contribution in [3.05, 3.63) is 59.2 Å². The van der Waals surface area contributed by atoms with E-state index in [0.717, 1.165) is 15.4 Å². The van der Waals surface area contributed by atoms with Crippen LogP contribution < -0.4 is 0 Å². The molecule has 0 unspecified atom stereocenters. The van der Waals surface area contributed by atoms with Gasteiger partial charge in [-0.25, -0.2) is 4.79 Å². The van der Waals surface area contributed by atoms with Gasteiger partial charge in [-0.1, -0.05) is 35.5 Å². The Labute approximate surface area is 111 Å². The van der Waals surface area contributed by atoms with Crippen LogP contribution in [0.1, 0.15) is 21.5 Å². The fraction of sp³-hybridized carbons (Fsp3) is 0.133. The van der Waals surface area contributed by atoms with E-state index in [0.29, 0.717) is 5.56 Å². The fourth-order valence-corrected chi connectivity index (χ4v) is 2.85. The van der Waals surface area contributed by atoms with Crippen LogP contribution in [0, 0.1) is 13.8 Å². The van der Waals surface area contributed by atoms with Crippen molar-refractivity contribution in [3.63, 3.8) is 0 Å². The Morgan fingerprint density at radius 1 is 1.06 bits per heavy atom. The summed E-state index contributed by atoms with van der Waals surface area (Å²) < 4.78 is 0. The number of hydrogen-bond donors (Lipinski definition) is 1. The van der Waals surface area contributed by atoms with Crippen LogP contribution in [0.4, 0.5) is 0 Å². The maximum Gasteiger partial charge on any atom is 0.336 e. The van der Waals surface area contributed by atoms with E-state index in [2.05, 4.69) is 6.07 Å². The summed E-state index contributed by atoms with van der Waals surface area (Å²) in [5.74, 6) is -0.884. The van der Waals surface area contributed by atoms with Gasteiger partial charge in [0, 0.05) is 9.79 Å². The number of hydrogen-bond acceptors (Lipinski definition) is 2. The topological polar surface area (TPSA) is 37.3 Å². The van der Waals surface area contributed by atoms with Gasteiger partial charge in [0.25, 0.3) is 0 Å². The van der Waals surface area contributed by atoms with Gasteiger partial charge >= 0.3 is 5.97 Å².